The number of nitrogens with zero attached hydrogens (tertiary/aromatic N) is 1. The Morgan fingerprint density at radius 1 is 1.07 bits per heavy atom. The lowest BCUT2D eigenvalue weighted by molar-refractivity contribution is -0.137. The molecule has 27 heavy (non-hydrogen) atoms. The maximum atomic E-state index is 13.0. The molecule has 0 saturated carbocycles. The van der Waals surface area contributed by atoms with E-state index in [1.54, 1.807) is 19.2 Å². The molecule has 2 aromatic carbocycles. The third-order valence-corrected chi connectivity index (χ3v) is 4.55. The molecule has 8 heteroatoms. The van der Waals surface area contributed by atoms with E-state index in [2.05, 4.69) is 10.9 Å². The van der Waals surface area contributed by atoms with Crippen molar-refractivity contribution in [3.8, 4) is 0 Å². The van der Waals surface area contributed by atoms with Gasteiger partial charge in [0.05, 0.1) is 5.56 Å². The Bertz CT molecular complexity index is 790. The van der Waals surface area contributed by atoms with Crippen LogP contribution in [-0.4, -0.2) is 23.9 Å². The van der Waals surface area contributed by atoms with E-state index in [0.717, 1.165) is 17.7 Å². The number of rotatable bonds is 4. The highest BCUT2D eigenvalue weighted by Crippen LogP contribution is 2.29. The summed E-state index contributed by atoms with van der Waals surface area (Å²) in [4.78, 5) is 14.1. The van der Waals surface area contributed by atoms with Crippen molar-refractivity contribution < 1.29 is 22.4 Å². The Kier molecular flexibility index (Phi) is 5.48. The molecular weight excluding hydrogens is 362 g/mol. The molecule has 0 aliphatic carbocycles. The van der Waals surface area contributed by atoms with Gasteiger partial charge in [-0.2, -0.15) is 13.2 Å². The molecule has 1 saturated heterocycles. The molecular formula is C19H19F4N3O. The first-order chi connectivity index (χ1) is 12.7. The van der Waals surface area contributed by atoms with Crippen LogP contribution in [0.3, 0.4) is 0 Å². The van der Waals surface area contributed by atoms with Gasteiger partial charge in [-0.05, 0) is 41.8 Å². The van der Waals surface area contributed by atoms with Gasteiger partial charge in [-0.25, -0.2) is 15.2 Å². The molecule has 1 amide bonds. The maximum Gasteiger partial charge on any atom is 0.416 e. The summed E-state index contributed by atoms with van der Waals surface area (Å²) in [7, 11) is 1.60. The Hall–Kier alpha value is -2.45. The van der Waals surface area contributed by atoms with Crippen molar-refractivity contribution in [2.45, 2.75) is 31.2 Å². The van der Waals surface area contributed by atoms with Crippen LogP contribution < -0.4 is 10.9 Å². The largest absolute Gasteiger partial charge is 0.416 e. The average Bonchev–Trinajstić information content (AvgIpc) is 3.11. The van der Waals surface area contributed by atoms with Crippen LogP contribution in [0.25, 0.3) is 0 Å². The molecule has 1 fully saturated rings. The minimum absolute atomic E-state index is 0.126. The lowest BCUT2D eigenvalue weighted by atomic mass is 10.0. The number of hydrazine groups is 1. The summed E-state index contributed by atoms with van der Waals surface area (Å²) in [5.41, 5.74) is 6.71. The van der Waals surface area contributed by atoms with Crippen molar-refractivity contribution in [3.63, 3.8) is 0 Å². The average molecular weight is 381 g/mol. The molecule has 2 N–H and O–H groups in total. The van der Waals surface area contributed by atoms with Gasteiger partial charge in [0, 0.05) is 19.6 Å². The Morgan fingerprint density at radius 2 is 1.70 bits per heavy atom. The number of amides is 1. The fourth-order valence-electron chi connectivity index (χ4n) is 3.05. The number of hydrogen-bond acceptors (Lipinski definition) is 3. The van der Waals surface area contributed by atoms with E-state index in [1.807, 2.05) is 0 Å². The standard InChI is InChI=1S/C19H19F4N3O/c1-26(11-12-2-6-14(7-3-12)19(21,22)23)18(27)17-10-16(24-25-17)13-4-8-15(20)9-5-13/h2-9,16-17,24-25H,10-11H2,1H3. The van der Waals surface area contributed by atoms with E-state index in [0.29, 0.717) is 12.0 Å². The Labute approximate surface area is 154 Å². The summed E-state index contributed by atoms with van der Waals surface area (Å²) in [5, 5.41) is 0. The van der Waals surface area contributed by atoms with Crippen molar-refractivity contribution in [1.82, 2.24) is 15.8 Å². The summed E-state index contributed by atoms with van der Waals surface area (Å²) in [6.07, 6.45) is -3.89. The topological polar surface area (TPSA) is 44.4 Å². The van der Waals surface area contributed by atoms with E-state index < -0.39 is 17.8 Å². The van der Waals surface area contributed by atoms with Crippen LogP contribution in [0.5, 0.6) is 0 Å². The third kappa shape index (κ3) is 4.64. The lowest BCUT2D eigenvalue weighted by Crippen LogP contribution is -2.43. The molecule has 0 radical (unpaired) electrons. The van der Waals surface area contributed by atoms with Crippen LogP contribution in [0.15, 0.2) is 48.5 Å². The SMILES string of the molecule is CN(Cc1ccc(C(F)(F)F)cc1)C(=O)C1CC(c2ccc(F)cc2)NN1. The first-order valence-corrected chi connectivity index (χ1v) is 8.41. The Morgan fingerprint density at radius 3 is 2.30 bits per heavy atom. The van der Waals surface area contributed by atoms with Gasteiger partial charge in [-0.15, -0.1) is 0 Å². The highest BCUT2D eigenvalue weighted by atomic mass is 19.4. The minimum atomic E-state index is -4.38. The van der Waals surface area contributed by atoms with Gasteiger partial charge >= 0.3 is 6.18 Å². The summed E-state index contributed by atoms with van der Waals surface area (Å²) < 4.78 is 50.9. The number of hydrogen-bond donors (Lipinski definition) is 2. The zero-order valence-electron chi connectivity index (χ0n) is 14.6. The number of carbonyl (C=O) groups is 1. The second-order valence-electron chi connectivity index (χ2n) is 6.57. The fourth-order valence-corrected chi connectivity index (χ4v) is 3.05. The van der Waals surface area contributed by atoms with Gasteiger partial charge in [0.2, 0.25) is 5.91 Å². The molecule has 0 aromatic heterocycles. The van der Waals surface area contributed by atoms with Crippen molar-refractivity contribution in [3.05, 3.63) is 71.0 Å². The van der Waals surface area contributed by atoms with Crippen LogP contribution in [0, 0.1) is 5.82 Å². The predicted molar refractivity (Wildman–Crippen MR) is 91.7 cm³/mol. The molecule has 144 valence electrons. The first kappa shape index (κ1) is 19.3. The molecule has 1 heterocycles. The van der Waals surface area contributed by atoms with Crippen molar-refractivity contribution in [2.75, 3.05) is 7.05 Å². The molecule has 1 aliphatic heterocycles. The Balaban J connectivity index is 1.58. The number of carbonyl (C=O) groups excluding carboxylic acids is 1. The summed E-state index contributed by atoms with van der Waals surface area (Å²) in [5.74, 6) is -0.499. The molecule has 0 spiro atoms. The van der Waals surface area contributed by atoms with E-state index >= 15 is 0 Å². The number of nitrogens with one attached hydrogen (secondary N) is 2. The fraction of sp³-hybridized carbons (Fsp3) is 0.316. The van der Waals surface area contributed by atoms with Crippen LogP contribution in [0.2, 0.25) is 0 Å². The molecule has 2 atom stereocenters. The number of likely N-dealkylation sites (N-methyl/N-ethyl adjacent to an activating group) is 1. The zero-order chi connectivity index (χ0) is 19.6. The van der Waals surface area contributed by atoms with E-state index in [1.165, 1.54) is 29.2 Å². The molecule has 0 bridgehead atoms. The molecule has 2 aromatic rings. The quantitative estimate of drug-likeness (QED) is 0.798. The van der Waals surface area contributed by atoms with Crippen molar-refractivity contribution in [2.24, 2.45) is 0 Å². The molecule has 3 rings (SSSR count). The van der Waals surface area contributed by atoms with Gasteiger partial charge in [0.15, 0.2) is 0 Å². The minimum Gasteiger partial charge on any atom is -0.340 e. The van der Waals surface area contributed by atoms with Gasteiger partial charge < -0.3 is 4.90 Å². The lowest BCUT2D eigenvalue weighted by Gasteiger charge is -2.21. The maximum absolute atomic E-state index is 13.0. The number of alkyl halides is 3. The van der Waals surface area contributed by atoms with Gasteiger partial charge in [-0.1, -0.05) is 24.3 Å². The number of halogens is 4. The molecule has 2 unspecified atom stereocenters. The monoisotopic (exact) mass is 381 g/mol. The second-order valence-corrected chi connectivity index (χ2v) is 6.57. The van der Waals surface area contributed by atoms with E-state index in [4.69, 9.17) is 0 Å². The molecule has 1 aliphatic rings. The van der Waals surface area contributed by atoms with Crippen LogP contribution in [-0.2, 0) is 17.5 Å². The highest BCUT2D eigenvalue weighted by Gasteiger charge is 2.32. The predicted octanol–water partition coefficient (Wildman–Crippen LogP) is 3.41. The van der Waals surface area contributed by atoms with Crippen molar-refractivity contribution >= 4 is 5.91 Å². The zero-order valence-corrected chi connectivity index (χ0v) is 14.6. The first-order valence-electron chi connectivity index (χ1n) is 8.41. The van der Waals surface area contributed by atoms with E-state index in [9.17, 15) is 22.4 Å². The van der Waals surface area contributed by atoms with Gasteiger partial charge in [-0.3, -0.25) is 4.79 Å². The second kappa shape index (κ2) is 7.66. The summed E-state index contributed by atoms with van der Waals surface area (Å²) in [6.45, 7) is 0.205. The molecule has 4 nitrogen and oxygen atoms in total. The van der Waals surface area contributed by atoms with Crippen LogP contribution >= 0.6 is 0 Å². The van der Waals surface area contributed by atoms with Crippen LogP contribution in [0.1, 0.15) is 29.2 Å². The number of benzene rings is 2. The summed E-state index contributed by atoms with van der Waals surface area (Å²) >= 11 is 0. The van der Waals surface area contributed by atoms with Gasteiger partial charge in [0.25, 0.3) is 0 Å². The normalized spacial score (nSPS) is 19.9. The van der Waals surface area contributed by atoms with E-state index in [-0.39, 0.29) is 24.3 Å². The van der Waals surface area contributed by atoms with Gasteiger partial charge in [0.1, 0.15) is 11.9 Å². The smallest absolute Gasteiger partial charge is 0.340 e. The van der Waals surface area contributed by atoms with Crippen molar-refractivity contribution in [1.29, 1.82) is 0 Å². The third-order valence-electron chi connectivity index (χ3n) is 4.55. The highest BCUT2D eigenvalue weighted by molar-refractivity contribution is 5.82. The van der Waals surface area contributed by atoms with Crippen LogP contribution in [0.4, 0.5) is 17.6 Å². The summed E-state index contributed by atoms with van der Waals surface area (Å²) in [6, 6.07) is 10.2.